The Kier molecular flexibility index (Phi) is 4.77. The molecule has 1 N–H and O–H groups in total. The molecule has 16 heavy (non-hydrogen) atoms. The van der Waals surface area contributed by atoms with Crippen LogP contribution in [0.25, 0.3) is 0 Å². The van der Waals surface area contributed by atoms with Gasteiger partial charge in [0.2, 0.25) is 0 Å². The van der Waals surface area contributed by atoms with Crippen LogP contribution in [0.15, 0.2) is 0 Å². The SMILES string of the molecule is CCOP(=O)(OCC)C(C)N1CCNC1=O. The molecule has 0 aromatic carbocycles. The largest absolute Gasteiger partial charge is 0.352 e. The van der Waals surface area contributed by atoms with Crippen LogP contribution < -0.4 is 5.32 Å². The minimum absolute atomic E-state index is 0.216. The highest BCUT2D eigenvalue weighted by atomic mass is 31.2. The molecule has 0 spiro atoms. The Hall–Kier alpha value is -0.580. The van der Waals surface area contributed by atoms with Gasteiger partial charge in [0.05, 0.1) is 13.2 Å². The van der Waals surface area contributed by atoms with Crippen molar-refractivity contribution in [3.05, 3.63) is 0 Å². The molecule has 1 rings (SSSR count). The number of hydrogen-bond donors (Lipinski definition) is 1. The zero-order valence-electron chi connectivity index (χ0n) is 9.93. The maximum absolute atomic E-state index is 12.4. The van der Waals surface area contributed by atoms with Crippen molar-refractivity contribution in [1.29, 1.82) is 0 Å². The minimum atomic E-state index is -3.23. The standard InChI is InChI=1S/C9H19N2O4P/c1-4-14-16(13,15-5-2)8(3)11-7-6-10-9(11)12/h8H,4-7H2,1-3H3,(H,10,12). The lowest BCUT2D eigenvalue weighted by Crippen LogP contribution is -2.36. The van der Waals surface area contributed by atoms with Crippen molar-refractivity contribution in [2.75, 3.05) is 26.3 Å². The zero-order chi connectivity index (χ0) is 12.2. The van der Waals surface area contributed by atoms with Crippen molar-refractivity contribution in [3.63, 3.8) is 0 Å². The maximum atomic E-state index is 12.4. The number of carbonyl (C=O) groups is 1. The molecule has 1 aliphatic heterocycles. The number of rotatable bonds is 6. The van der Waals surface area contributed by atoms with Gasteiger partial charge in [-0.2, -0.15) is 0 Å². The predicted octanol–water partition coefficient (Wildman–Crippen LogP) is 1.62. The maximum Gasteiger partial charge on any atom is 0.352 e. The van der Waals surface area contributed by atoms with E-state index < -0.39 is 13.4 Å². The molecule has 1 aliphatic rings. The van der Waals surface area contributed by atoms with E-state index in [0.717, 1.165) is 0 Å². The summed E-state index contributed by atoms with van der Waals surface area (Å²) in [6, 6.07) is -0.216. The molecular weight excluding hydrogens is 231 g/mol. The average molecular weight is 250 g/mol. The second kappa shape index (κ2) is 5.66. The van der Waals surface area contributed by atoms with Gasteiger partial charge in [-0.05, 0) is 20.8 Å². The molecular formula is C9H19N2O4P. The van der Waals surface area contributed by atoms with Crippen molar-refractivity contribution in [2.45, 2.75) is 26.6 Å². The lowest BCUT2D eigenvalue weighted by atomic mass is 10.6. The van der Waals surface area contributed by atoms with Crippen LogP contribution >= 0.6 is 7.60 Å². The Morgan fingerprint density at radius 3 is 2.38 bits per heavy atom. The first-order chi connectivity index (χ1) is 7.55. The Morgan fingerprint density at radius 1 is 1.44 bits per heavy atom. The Balaban J connectivity index is 2.77. The first kappa shape index (κ1) is 13.5. The highest BCUT2D eigenvalue weighted by molar-refractivity contribution is 7.54. The summed E-state index contributed by atoms with van der Waals surface area (Å²) in [5, 5.41) is 2.66. The normalized spacial score (nSPS) is 18.7. The highest BCUT2D eigenvalue weighted by Gasteiger charge is 2.40. The van der Waals surface area contributed by atoms with E-state index in [1.165, 1.54) is 4.90 Å². The molecule has 1 fully saturated rings. The molecule has 0 bridgehead atoms. The number of nitrogens with zero attached hydrogens (tertiary/aromatic N) is 1. The fourth-order valence-electron chi connectivity index (χ4n) is 1.63. The summed E-state index contributed by atoms with van der Waals surface area (Å²) < 4.78 is 22.8. The van der Waals surface area contributed by atoms with E-state index in [0.29, 0.717) is 26.3 Å². The number of urea groups is 1. The van der Waals surface area contributed by atoms with E-state index in [1.54, 1.807) is 20.8 Å². The first-order valence-electron chi connectivity index (χ1n) is 5.48. The Morgan fingerprint density at radius 2 is 2.00 bits per heavy atom. The van der Waals surface area contributed by atoms with Crippen molar-refractivity contribution in [1.82, 2.24) is 10.2 Å². The van der Waals surface area contributed by atoms with Crippen LogP contribution in [0.5, 0.6) is 0 Å². The van der Waals surface area contributed by atoms with Gasteiger partial charge in [0, 0.05) is 13.1 Å². The number of carbonyl (C=O) groups excluding carboxylic acids is 1. The Labute approximate surface area is 95.8 Å². The molecule has 94 valence electrons. The van der Waals surface area contributed by atoms with Gasteiger partial charge in [-0.25, -0.2) is 4.79 Å². The van der Waals surface area contributed by atoms with E-state index in [9.17, 15) is 9.36 Å². The molecule has 1 saturated heterocycles. The van der Waals surface area contributed by atoms with Crippen LogP contribution in [0.3, 0.4) is 0 Å². The van der Waals surface area contributed by atoms with Crippen molar-refractivity contribution in [2.24, 2.45) is 0 Å². The fourth-order valence-corrected chi connectivity index (χ4v) is 3.41. The topological polar surface area (TPSA) is 67.9 Å². The minimum Gasteiger partial charge on any atom is -0.336 e. The van der Waals surface area contributed by atoms with Gasteiger partial charge in [-0.3, -0.25) is 4.57 Å². The van der Waals surface area contributed by atoms with E-state index in [-0.39, 0.29) is 6.03 Å². The molecule has 0 aromatic rings. The molecule has 2 amide bonds. The van der Waals surface area contributed by atoms with Crippen LogP contribution in [-0.4, -0.2) is 43.0 Å². The molecule has 0 aliphatic carbocycles. The second-order valence-electron chi connectivity index (χ2n) is 3.43. The van der Waals surface area contributed by atoms with E-state index in [1.807, 2.05) is 0 Å². The Bertz CT molecular complexity index is 287. The average Bonchev–Trinajstić information content (AvgIpc) is 2.64. The number of hydrogen-bond acceptors (Lipinski definition) is 4. The lowest BCUT2D eigenvalue weighted by Gasteiger charge is -2.29. The smallest absolute Gasteiger partial charge is 0.336 e. The van der Waals surface area contributed by atoms with Crippen LogP contribution in [-0.2, 0) is 13.6 Å². The van der Waals surface area contributed by atoms with E-state index in [4.69, 9.17) is 9.05 Å². The third-order valence-corrected chi connectivity index (χ3v) is 4.85. The van der Waals surface area contributed by atoms with Crippen molar-refractivity contribution in [3.8, 4) is 0 Å². The van der Waals surface area contributed by atoms with Gasteiger partial charge in [0.15, 0.2) is 0 Å². The monoisotopic (exact) mass is 250 g/mol. The second-order valence-corrected chi connectivity index (χ2v) is 5.78. The third-order valence-electron chi connectivity index (χ3n) is 2.42. The van der Waals surface area contributed by atoms with E-state index in [2.05, 4.69) is 5.32 Å². The zero-order valence-corrected chi connectivity index (χ0v) is 10.8. The van der Waals surface area contributed by atoms with Crippen LogP contribution in [0.1, 0.15) is 20.8 Å². The van der Waals surface area contributed by atoms with Gasteiger partial charge >= 0.3 is 13.6 Å². The van der Waals surface area contributed by atoms with Gasteiger partial charge < -0.3 is 19.3 Å². The van der Waals surface area contributed by atoms with Crippen molar-refractivity contribution < 1.29 is 18.4 Å². The quantitative estimate of drug-likeness (QED) is 0.727. The third kappa shape index (κ3) is 2.75. The summed E-state index contributed by atoms with van der Waals surface area (Å²) in [5.41, 5.74) is 0. The summed E-state index contributed by atoms with van der Waals surface area (Å²) in [4.78, 5) is 12.9. The molecule has 0 radical (unpaired) electrons. The summed E-state index contributed by atoms with van der Waals surface area (Å²) >= 11 is 0. The fraction of sp³-hybridized carbons (Fsp3) is 0.889. The van der Waals surface area contributed by atoms with E-state index >= 15 is 0 Å². The molecule has 0 aromatic heterocycles. The molecule has 1 unspecified atom stereocenters. The molecule has 1 atom stereocenters. The van der Waals surface area contributed by atoms with Gasteiger partial charge in [0.1, 0.15) is 5.78 Å². The molecule has 6 nitrogen and oxygen atoms in total. The molecule has 7 heteroatoms. The molecule has 0 saturated carbocycles. The van der Waals surface area contributed by atoms with Gasteiger partial charge in [0.25, 0.3) is 0 Å². The van der Waals surface area contributed by atoms with Gasteiger partial charge in [-0.1, -0.05) is 0 Å². The number of nitrogens with one attached hydrogen (secondary N) is 1. The van der Waals surface area contributed by atoms with Crippen molar-refractivity contribution >= 4 is 13.6 Å². The summed E-state index contributed by atoms with van der Waals surface area (Å²) in [7, 11) is -3.23. The predicted molar refractivity (Wildman–Crippen MR) is 60.4 cm³/mol. The summed E-state index contributed by atoms with van der Waals surface area (Å²) in [5.74, 6) is -0.546. The first-order valence-corrected chi connectivity index (χ1v) is 7.09. The summed E-state index contributed by atoms with van der Waals surface area (Å²) in [6.45, 7) is 6.90. The summed E-state index contributed by atoms with van der Waals surface area (Å²) in [6.07, 6.45) is 0. The van der Waals surface area contributed by atoms with Crippen LogP contribution in [0.4, 0.5) is 4.79 Å². The van der Waals surface area contributed by atoms with Crippen LogP contribution in [0.2, 0.25) is 0 Å². The van der Waals surface area contributed by atoms with Gasteiger partial charge in [-0.15, -0.1) is 0 Å². The lowest BCUT2D eigenvalue weighted by molar-refractivity contribution is 0.177. The highest BCUT2D eigenvalue weighted by Crippen LogP contribution is 2.54. The van der Waals surface area contributed by atoms with Crippen LogP contribution in [0, 0.1) is 0 Å². The number of amides is 2. The molecule has 1 heterocycles.